The van der Waals surface area contributed by atoms with E-state index in [4.69, 9.17) is 14.6 Å². The summed E-state index contributed by atoms with van der Waals surface area (Å²) in [6, 6.07) is 0.0497. The fourth-order valence-corrected chi connectivity index (χ4v) is 3.64. The van der Waals surface area contributed by atoms with Crippen molar-refractivity contribution < 1.29 is 59.3 Å². The van der Waals surface area contributed by atoms with Crippen LogP contribution in [0, 0.1) is 0 Å². The fourth-order valence-electron chi connectivity index (χ4n) is 3.64. The van der Waals surface area contributed by atoms with Gasteiger partial charge in [-0.25, -0.2) is 14.8 Å². The zero-order valence-corrected chi connectivity index (χ0v) is 19.2. The molecule has 3 rings (SSSR count). The van der Waals surface area contributed by atoms with Crippen molar-refractivity contribution in [2.45, 2.75) is 43.1 Å². The first-order chi connectivity index (χ1) is 16.9. The van der Waals surface area contributed by atoms with Gasteiger partial charge in [0.1, 0.15) is 0 Å². The SMILES string of the molecule is C[C@H]1COCCN1C[C@H]1CNCCN1c1ncc(C(O)(C(F)(F)F)C(F)(F)F)cn1.O=C(O)C(F)(F)F. The van der Waals surface area contributed by atoms with E-state index in [1.807, 2.05) is 6.92 Å². The molecule has 2 atom stereocenters. The van der Waals surface area contributed by atoms with E-state index in [9.17, 15) is 44.6 Å². The van der Waals surface area contributed by atoms with Crippen molar-refractivity contribution in [2.75, 3.05) is 50.8 Å². The second-order valence-corrected chi connectivity index (χ2v) is 8.25. The van der Waals surface area contributed by atoms with Crippen LogP contribution in [0.4, 0.5) is 45.5 Å². The Morgan fingerprint density at radius 1 is 1.08 bits per heavy atom. The van der Waals surface area contributed by atoms with Crippen LogP contribution in [0.5, 0.6) is 0 Å². The number of aliphatic hydroxyl groups is 1. The summed E-state index contributed by atoms with van der Waals surface area (Å²) < 4.78 is 115. The lowest BCUT2D eigenvalue weighted by Gasteiger charge is -2.42. The summed E-state index contributed by atoms with van der Waals surface area (Å²) in [6.45, 7) is 6.07. The Morgan fingerprint density at radius 2 is 1.62 bits per heavy atom. The first kappa shape index (κ1) is 30.8. The highest BCUT2D eigenvalue weighted by Gasteiger charge is 2.71. The van der Waals surface area contributed by atoms with E-state index in [1.165, 1.54) is 0 Å². The van der Waals surface area contributed by atoms with Crippen molar-refractivity contribution in [2.24, 2.45) is 0 Å². The predicted octanol–water partition coefficient (Wildman–Crippen LogP) is 1.92. The van der Waals surface area contributed by atoms with E-state index < -0.39 is 35.7 Å². The number of morpholine rings is 1. The standard InChI is InChI=1S/C17H23F6N5O2.C2HF3O2/c1-11-10-30-5-4-27(11)9-13-8-24-2-3-28(13)14-25-6-12(7-26-14)15(29,16(18,19)20)17(21,22)23;3-2(4,5)1(6)7/h6-7,11,13,24,29H,2-5,8-10H2,1H3;(H,6,7)/t11-,13+;/m0./s1. The van der Waals surface area contributed by atoms with Gasteiger partial charge in [0.15, 0.2) is 0 Å². The van der Waals surface area contributed by atoms with Crippen molar-refractivity contribution in [3.05, 3.63) is 18.0 Å². The number of rotatable bonds is 4. The monoisotopic (exact) mass is 557 g/mol. The number of nitrogens with one attached hydrogen (secondary N) is 1. The molecule has 2 aliphatic heterocycles. The number of ether oxygens (including phenoxy) is 1. The third-order valence-electron chi connectivity index (χ3n) is 5.68. The van der Waals surface area contributed by atoms with Crippen molar-refractivity contribution in [3.8, 4) is 0 Å². The van der Waals surface area contributed by atoms with Crippen LogP contribution >= 0.6 is 0 Å². The number of alkyl halides is 9. The van der Waals surface area contributed by atoms with E-state index >= 15 is 0 Å². The van der Waals surface area contributed by atoms with Crippen molar-refractivity contribution in [1.29, 1.82) is 0 Å². The summed E-state index contributed by atoms with van der Waals surface area (Å²) in [7, 11) is 0. The number of aromatic nitrogens is 2. The van der Waals surface area contributed by atoms with E-state index in [-0.39, 0.29) is 18.0 Å². The average molecular weight is 557 g/mol. The Morgan fingerprint density at radius 3 is 2.08 bits per heavy atom. The van der Waals surface area contributed by atoms with Gasteiger partial charge in [-0.2, -0.15) is 39.5 Å². The highest BCUT2D eigenvalue weighted by atomic mass is 19.4. The topological polar surface area (TPSA) is 111 Å². The highest BCUT2D eigenvalue weighted by molar-refractivity contribution is 5.73. The largest absolute Gasteiger partial charge is 0.490 e. The van der Waals surface area contributed by atoms with Crippen LogP contribution in [-0.2, 0) is 15.1 Å². The van der Waals surface area contributed by atoms with E-state index in [0.717, 1.165) is 6.54 Å². The number of carboxylic acid groups (broad SMARTS) is 1. The number of hydrogen-bond donors (Lipinski definition) is 3. The highest BCUT2D eigenvalue weighted by Crippen LogP contribution is 2.49. The average Bonchev–Trinajstić information content (AvgIpc) is 2.79. The molecular weight excluding hydrogens is 533 g/mol. The number of halogens is 9. The van der Waals surface area contributed by atoms with Gasteiger partial charge in [-0.05, 0) is 6.92 Å². The van der Waals surface area contributed by atoms with Gasteiger partial charge in [-0.3, -0.25) is 4.90 Å². The Kier molecular flexibility index (Phi) is 9.59. The van der Waals surface area contributed by atoms with Crippen molar-refractivity contribution in [1.82, 2.24) is 20.2 Å². The van der Waals surface area contributed by atoms with Gasteiger partial charge in [0.2, 0.25) is 5.95 Å². The lowest BCUT2D eigenvalue weighted by Crippen LogP contribution is -2.59. The number of carboxylic acids is 1. The Balaban J connectivity index is 0.000000604. The number of piperazine rings is 1. The van der Waals surface area contributed by atoms with Crippen LogP contribution < -0.4 is 10.2 Å². The predicted molar refractivity (Wildman–Crippen MR) is 108 cm³/mol. The summed E-state index contributed by atoms with van der Waals surface area (Å²) in [5.41, 5.74) is -6.51. The van der Waals surface area contributed by atoms with Gasteiger partial charge in [0.25, 0.3) is 5.60 Å². The van der Waals surface area contributed by atoms with Gasteiger partial charge in [-0.1, -0.05) is 0 Å². The number of nitrogens with zero attached hydrogens (tertiary/aromatic N) is 4. The first-order valence-corrected chi connectivity index (χ1v) is 10.7. The van der Waals surface area contributed by atoms with Crippen molar-refractivity contribution in [3.63, 3.8) is 0 Å². The lowest BCUT2D eigenvalue weighted by molar-refractivity contribution is -0.376. The number of aliphatic carboxylic acids is 1. The molecule has 2 aliphatic rings. The molecule has 3 heterocycles. The maximum Gasteiger partial charge on any atom is 0.490 e. The molecule has 1 aromatic rings. The Labute approximate surface area is 204 Å². The minimum atomic E-state index is -5.97. The molecule has 2 fully saturated rings. The molecule has 0 spiro atoms. The summed E-state index contributed by atoms with van der Waals surface area (Å²) in [6.07, 6.45) is -16.3. The molecule has 1 aromatic heterocycles. The maximum atomic E-state index is 13.0. The zero-order chi connectivity index (χ0) is 28.2. The molecule has 0 saturated carbocycles. The smallest absolute Gasteiger partial charge is 0.475 e. The molecule has 2 saturated heterocycles. The third-order valence-corrected chi connectivity index (χ3v) is 5.68. The fraction of sp³-hybridized carbons (Fsp3) is 0.737. The summed E-state index contributed by atoms with van der Waals surface area (Å²) in [4.78, 5) is 20.3. The van der Waals surface area contributed by atoms with E-state index in [0.29, 0.717) is 51.8 Å². The molecule has 37 heavy (non-hydrogen) atoms. The van der Waals surface area contributed by atoms with Crippen LogP contribution in [0.2, 0.25) is 0 Å². The van der Waals surface area contributed by atoms with Gasteiger partial charge in [0.05, 0.1) is 19.3 Å². The molecule has 0 unspecified atom stereocenters. The second kappa shape index (κ2) is 11.5. The summed E-state index contributed by atoms with van der Waals surface area (Å²) in [5, 5.41) is 19.8. The number of hydrogen-bond acceptors (Lipinski definition) is 8. The molecule has 0 amide bonds. The zero-order valence-electron chi connectivity index (χ0n) is 19.2. The van der Waals surface area contributed by atoms with Gasteiger partial charge >= 0.3 is 24.5 Å². The van der Waals surface area contributed by atoms with Crippen molar-refractivity contribution >= 4 is 11.9 Å². The van der Waals surface area contributed by atoms with Crippen LogP contribution in [0.3, 0.4) is 0 Å². The lowest BCUT2D eigenvalue weighted by atomic mass is 9.95. The van der Waals surface area contributed by atoms with E-state index in [1.54, 1.807) is 4.90 Å². The van der Waals surface area contributed by atoms with Crippen LogP contribution in [0.15, 0.2) is 12.4 Å². The van der Waals surface area contributed by atoms with E-state index in [2.05, 4.69) is 20.2 Å². The van der Waals surface area contributed by atoms with Crippen LogP contribution in [-0.4, -0.2) is 108 Å². The number of anilines is 1. The quantitative estimate of drug-likeness (QED) is 0.479. The van der Waals surface area contributed by atoms with Gasteiger partial charge < -0.3 is 25.2 Å². The first-order valence-electron chi connectivity index (χ1n) is 10.7. The molecular formula is C19H24F9N5O4. The second-order valence-electron chi connectivity index (χ2n) is 8.25. The minimum Gasteiger partial charge on any atom is -0.475 e. The summed E-state index contributed by atoms with van der Waals surface area (Å²) >= 11 is 0. The summed E-state index contributed by atoms with van der Waals surface area (Å²) in [5.74, 6) is -2.75. The Bertz CT molecular complexity index is 882. The normalized spacial score (nSPS) is 22.3. The molecule has 18 heteroatoms. The van der Waals surface area contributed by atoms with Crippen LogP contribution in [0.1, 0.15) is 12.5 Å². The van der Waals surface area contributed by atoms with Gasteiger partial charge in [0, 0.05) is 56.7 Å². The van der Waals surface area contributed by atoms with Gasteiger partial charge in [-0.15, -0.1) is 0 Å². The van der Waals surface area contributed by atoms with Crippen LogP contribution in [0.25, 0.3) is 0 Å². The molecule has 0 bridgehead atoms. The molecule has 0 radical (unpaired) electrons. The molecule has 0 aromatic carbocycles. The molecule has 9 nitrogen and oxygen atoms in total. The Hall–Kier alpha value is -2.44. The minimum absolute atomic E-state index is 0.0119. The molecule has 3 N–H and O–H groups in total. The molecule has 0 aliphatic carbocycles. The maximum absolute atomic E-state index is 13.0. The number of carbonyl (C=O) groups is 1. The third kappa shape index (κ3) is 7.32. The molecule has 212 valence electrons.